The normalized spacial score (nSPS) is 15.3. The van der Waals surface area contributed by atoms with Crippen LogP contribution in [0.1, 0.15) is 22.8 Å². The Bertz CT molecular complexity index is 906. The smallest absolute Gasteiger partial charge is 0.253 e. The fourth-order valence-electron chi connectivity index (χ4n) is 3.68. The molecule has 7 nitrogen and oxygen atoms in total. The number of aryl methyl sites for hydroxylation is 1. The Kier molecular flexibility index (Phi) is 7.41. The van der Waals surface area contributed by atoms with Crippen molar-refractivity contribution in [3.8, 4) is 0 Å². The summed E-state index contributed by atoms with van der Waals surface area (Å²) in [6.07, 6.45) is 0. The van der Waals surface area contributed by atoms with Gasteiger partial charge in [0.2, 0.25) is 11.8 Å². The summed E-state index contributed by atoms with van der Waals surface area (Å²) in [5.41, 5.74) is 2.51. The maximum Gasteiger partial charge on any atom is 0.253 e. The van der Waals surface area contributed by atoms with Crippen molar-refractivity contribution in [1.82, 2.24) is 14.7 Å². The van der Waals surface area contributed by atoms with Crippen LogP contribution in [-0.2, 0) is 9.59 Å². The van der Waals surface area contributed by atoms with Crippen molar-refractivity contribution in [2.24, 2.45) is 0 Å². The van der Waals surface area contributed by atoms with Crippen LogP contribution in [0.25, 0.3) is 0 Å². The number of carbonyl (C=O) groups excluding carboxylic acids is 3. The van der Waals surface area contributed by atoms with Gasteiger partial charge in [0.05, 0.1) is 12.6 Å². The Morgan fingerprint density at radius 2 is 1.58 bits per heavy atom. The number of nitrogens with zero attached hydrogens (tertiary/aromatic N) is 3. The van der Waals surface area contributed by atoms with Gasteiger partial charge in [-0.2, -0.15) is 0 Å². The molecule has 1 saturated heterocycles. The molecule has 1 aliphatic heterocycles. The van der Waals surface area contributed by atoms with Crippen LogP contribution in [0, 0.1) is 6.92 Å². The summed E-state index contributed by atoms with van der Waals surface area (Å²) in [6, 6.07) is 16.4. The molecule has 2 aromatic carbocycles. The van der Waals surface area contributed by atoms with Crippen molar-refractivity contribution < 1.29 is 14.4 Å². The summed E-state index contributed by atoms with van der Waals surface area (Å²) in [5, 5.41) is 2.82. The van der Waals surface area contributed by atoms with Crippen molar-refractivity contribution in [3.63, 3.8) is 0 Å². The summed E-state index contributed by atoms with van der Waals surface area (Å²) < 4.78 is 0. The van der Waals surface area contributed by atoms with E-state index < -0.39 is 0 Å². The van der Waals surface area contributed by atoms with Crippen molar-refractivity contribution in [1.29, 1.82) is 0 Å². The molecule has 3 rings (SSSR count). The van der Waals surface area contributed by atoms with Gasteiger partial charge in [-0.3, -0.25) is 19.3 Å². The third kappa shape index (κ3) is 5.92. The zero-order valence-electron chi connectivity index (χ0n) is 18.4. The molecule has 31 heavy (non-hydrogen) atoms. The summed E-state index contributed by atoms with van der Waals surface area (Å²) in [4.78, 5) is 43.1. The molecule has 2 aromatic rings. The van der Waals surface area contributed by atoms with E-state index in [9.17, 15) is 14.4 Å². The van der Waals surface area contributed by atoms with Gasteiger partial charge in [0.1, 0.15) is 0 Å². The van der Waals surface area contributed by atoms with Gasteiger partial charge in [-0.05, 0) is 38.1 Å². The fraction of sp³-hybridized carbons (Fsp3) is 0.375. The first kappa shape index (κ1) is 22.5. The van der Waals surface area contributed by atoms with E-state index in [4.69, 9.17) is 0 Å². The molecule has 1 fully saturated rings. The number of nitrogens with one attached hydrogen (secondary N) is 1. The molecule has 1 heterocycles. The van der Waals surface area contributed by atoms with Gasteiger partial charge < -0.3 is 15.1 Å². The number of amides is 3. The molecular weight excluding hydrogens is 392 g/mol. The monoisotopic (exact) mass is 422 g/mol. The SMILES string of the molecule is Cc1ccc(NC(=O)CN(C)C(=O)[C@@H](C)N2CCN(C(=O)c3ccccc3)CC2)cc1. The van der Waals surface area contributed by atoms with Gasteiger partial charge in [-0.25, -0.2) is 0 Å². The van der Waals surface area contributed by atoms with Gasteiger partial charge in [-0.1, -0.05) is 35.9 Å². The van der Waals surface area contributed by atoms with Crippen LogP contribution in [-0.4, -0.2) is 78.2 Å². The van der Waals surface area contributed by atoms with Crippen LogP contribution in [0.5, 0.6) is 0 Å². The summed E-state index contributed by atoms with van der Waals surface area (Å²) >= 11 is 0. The lowest BCUT2D eigenvalue weighted by atomic mass is 10.1. The number of likely N-dealkylation sites (N-methyl/N-ethyl adjacent to an activating group) is 1. The number of carbonyl (C=O) groups is 3. The second-order valence-corrected chi connectivity index (χ2v) is 7.98. The number of benzene rings is 2. The molecule has 0 aromatic heterocycles. The molecule has 164 valence electrons. The molecule has 7 heteroatoms. The highest BCUT2D eigenvalue weighted by atomic mass is 16.2. The van der Waals surface area contributed by atoms with Crippen LogP contribution >= 0.6 is 0 Å². The third-order valence-electron chi connectivity index (χ3n) is 5.62. The first-order valence-electron chi connectivity index (χ1n) is 10.5. The molecule has 0 radical (unpaired) electrons. The van der Waals surface area contributed by atoms with Crippen LogP contribution in [0.3, 0.4) is 0 Å². The number of rotatable bonds is 6. The van der Waals surface area contributed by atoms with Gasteiger partial charge in [-0.15, -0.1) is 0 Å². The highest BCUT2D eigenvalue weighted by Gasteiger charge is 2.29. The molecule has 0 aliphatic carbocycles. The average molecular weight is 423 g/mol. The Balaban J connectivity index is 1.47. The van der Waals surface area contributed by atoms with Crippen LogP contribution in [0.15, 0.2) is 54.6 Å². The Hall–Kier alpha value is -3.19. The maximum absolute atomic E-state index is 12.8. The topological polar surface area (TPSA) is 73.0 Å². The molecule has 3 amide bonds. The minimum absolute atomic E-state index is 0.0104. The quantitative estimate of drug-likeness (QED) is 0.775. The van der Waals surface area contributed by atoms with Crippen molar-refractivity contribution in [2.45, 2.75) is 19.9 Å². The number of hydrogen-bond donors (Lipinski definition) is 1. The summed E-state index contributed by atoms with van der Waals surface area (Å²) in [5.74, 6) is -0.323. The van der Waals surface area contributed by atoms with Gasteiger partial charge in [0.25, 0.3) is 5.91 Å². The Labute approximate surface area is 183 Å². The maximum atomic E-state index is 12.8. The zero-order chi connectivity index (χ0) is 22.4. The van der Waals surface area contributed by atoms with E-state index >= 15 is 0 Å². The lowest BCUT2D eigenvalue weighted by Crippen LogP contribution is -2.55. The van der Waals surface area contributed by atoms with Crippen LogP contribution < -0.4 is 5.32 Å². The summed E-state index contributed by atoms with van der Waals surface area (Å²) in [6.45, 7) is 6.21. The van der Waals surface area contributed by atoms with Gasteiger partial charge in [0, 0.05) is 44.5 Å². The Morgan fingerprint density at radius 3 is 2.19 bits per heavy atom. The number of piperazine rings is 1. The highest BCUT2D eigenvalue weighted by molar-refractivity contribution is 5.95. The van der Waals surface area contributed by atoms with Gasteiger partial charge >= 0.3 is 0 Å². The first-order valence-corrected chi connectivity index (χ1v) is 10.5. The minimum atomic E-state index is -0.355. The van der Waals surface area contributed by atoms with E-state index in [0.717, 1.165) is 5.56 Å². The fourth-order valence-corrected chi connectivity index (χ4v) is 3.68. The van der Waals surface area contributed by atoms with E-state index in [2.05, 4.69) is 10.2 Å². The lowest BCUT2D eigenvalue weighted by molar-refractivity contribution is -0.138. The number of anilines is 1. The Morgan fingerprint density at radius 1 is 0.968 bits per heavy atom. The van der Waals surface area contributed by atoms with Crippen molar-refractivity contribution >= 4 is 23.4 Å². The predicted molar refractivity (Wildman–Crippen MR) is 121 cm³/mol. The van der Waals surface area contributed by atoms with E-state index in [1.807, 2.05) is 73.3 Å². The lowest BCUT2D eigenvalue weighted by Gasteiger charge is -2.38. The van der Waals surface area contributed by atoms with E-state index in [1.165, 1.54) is 4.90 Å². The van der Waals surface area contributed by atoms with Crippen molar-refractivity contribution in [3.05, 3.63) is 65.7 Å². The molecule has 1 aliphatic rings. The van der Waals surface area contributed by atoms with Gasteiger partial charge in [0.15, 0.2) is 0 Å². The molecule has 1 atom stereocenters. The largest absolute Gasteiger partial charge is 0.336 e. The minimum Gasteiger partial charge on any atom is -0.336 e. The molecule has 1 N–H and O–H groups in total. The predicted octanol–water partition coefficient (Wildman–Crippen LogP) is 2.24. The van der Waals surface area contributed by atoms with Crippen LogP contribution in [0.2, 0.25) is 0 Å². The molecule has 0 spiro atoms. The molecule has 0 saturated carbocycles. The second-order valence-electron chi connectivity index (χ2n) is 7.98. The first-order chi connectivity index (χ1) is 14.8. The highest BCUT2D eigenvalue weighted by Crippen LogP contribution is 2.13. The summed E-state index contributed by atoms with van der Waals surface area (Å²) in [7, 11) is 1.64. The molecular formula is C24H30N4O3. The number of hydrogen-bond acceptors (Lipinski definition) is 4. The third-order valence-corrected chi connectivity index (χ3v) is 5.62. The van der Waals surface area contributed by atoms with E-state index in [0.29, 0.717) is 37.4 Å². The molecule has 0 unspecified atom stereocenters. The average Bonchev–Trinajstić information content (AvgIpc) is 2.79. The van der Waals surface area contributed by atoms with E-state index in [1.54, 1.807) is 7.05 Å². The van der Waals surface area contributed by atoms with Crippen LogP contribution in [0.4, 0.5) is 5.69 Å². The zero-order valence-corrected chi connectivity index (χ0v) is 18.4. The standard InChI is InChI=1S/C24H30N4O3/c1-18-9-11-21(12-10-18)25-22(29)17-26(3)23(30)19(2)27-13-15-28(16-14-27)24(31)20-7-5-4-6-8-20/h4-12,19H,13-17H2,1-3H3,(H,25,29)/t19-/m1/s1. The second kappa shape index (κ2) is 10.2. The molecule has 0 bridgehead atoms. The van der Waals surface area contributed by atoms with Crippen molar-refractivity contribution in [2.75, 3.05) is 45.1 Å². The van der Waals surface area contributed by atoms with E-state index in [-0.39, 0.29) is 30.3 Å².